The molecular weight excluding hydrogens is 268 g/mol. The number of nitrogens with one attached hydrogen (secondary N) is 1. The fourth-order valence-electron chi connectivity index (χ4n) is 1.98. The van der Waals surface area contributed by atoms with Crippen LogP contribution < -0.4 is 5.32 Å². The van der Waals surface area contributed by atoms with Gasteiger partial charge in [-0.2, -0.15) is 10.1 Å². The van der Waals surface area contributed by atoms with Gasteiger partial charge in [0.15, 0.2) is 5.82 Å². The standard InChI is InChI=1S/C14H16N6O/c1-9-12(8-17-20(9)3)7-16-13-6-11(4-5-15-13)14-18-10(2)19-21-14/h4-6,8H,7H2,1-3H3,(H,15,16). The number of nitrogens with zero attached hydrogens (tertiary/aromatic N) is 5. The number of hydrogen-bond donors (Lipinski definition) is 1. The quantitative estimate of drug-likeness (QED) is 0.790. The van der Waals surface area contributed by atoms with Gasteiger partial charge in [-0.3, -0.25) is 4.68 Å². The number of anilines is 1. The van der Waals surface area contributed by atoms with Gasteiger partial charge in [0.2, 0.25) is 0 Å². The van der Waals surface area contributed by atoms with Crippen LogP contribution in [0.1, 0.15) is 17.1 Å². The van der Waals surface area contributed by atoms with Crippen molar-refractivity contribution in [3.8, 4) is 11.5 Å². The Morgan fingerprint density at radius 2 is 2.19 bits per heavy atom. The molecule has 0 amide bonds. The predicted octanol–water partition coefficient (Wildman–Crippen LogP) is 2.09. The second-order valence-corrected chi connectivity index (χ2v) is 4.81. The topological polar surface area (TPSA) is 81.7 Å². The van der Waals surface area contributed by atoms with Crippen molar-refractivity contribution >= 4 is 5.82 Å². The molecule has 0 unspecified atom stereocenters. The van der Waals surface area contributed by atoms with Gasteiger partial charge < -0.3 is 9.84 Å². The first-order valence-corrected chi connectivity index (χ1v) is 6.61. The Kier molecular flexibility index (Phi) is 3.39. The van der Waals surface area contributed by atoms with Crippen molar-refractivity contribution in [1.29, 1.82) is 0 Å². The van der Waals surface area contributed by atoms with Crippen LogP contribution in [-0.4, -0.2) is 24.9 Å². The van der Waals surface area contributed by atoms with Crippen LogP contribution in [0.5, 0.6) is 0 Å². The summed E-state index contributed by atoms with van der Waals surface area (Å²) in [5.41, 5.74) is 3.11. The monoisotopic (exact) mass is 284 g/mol. The molecule has 0 aliphatic heterocycles. The zero-order valence-corrected chi connectivity index (χ0v) is 12.2. The number of aryl methyl sites for hydroxylation is 2. The maximum atomic E-state index is 5.16. The average Bonchev–Trinajstić information content (AvgIpc) is 3.05. The van der Waals surface area contributed by atoms with E-state index in [2.05, 4.69) is 25.5 Å². The molecule has 0 fully saturated rings. The molecule has 0 spiro atoms. The molecule has 3 rings (SSSR count). The van der Waals surface area contributed by atoms with Gasteiger partial charge >= 0.3 is 0 Å². The fraction of sp³-hybridized carbons (Fsp3) is 0.286. The van der Waals surface area contributed by atoms with Gasteiger partial charge in [0.25, 0.3) is 5.89 Å². The summed E-state index contributed by atoms with van der Waals surface area (Å²) in [6.45, 7) is 4.49. The van der Waals surface area contributed by atoms with Crippen molar-refractivity contribution in [2.24, 2.45) is 7.05 Å². The minimum absolute atomic E-state index is 0.496. The lowest BCUT2D eigenvalue weighted by atomic mass is 10.2. The van der Waals surface area contributed by atoms with E-state index in [1.807, 2.05) is 37.0 Å². The van der Waals surface area contributed by atoms with Gasteiger partial charge in [-0.05, 0) is 26.0 Å². The Morgan fingerprint density at radius 1 is 1.33 bits per heavy atom. The maximum absolute atomic E-state index is 5.16. The molecule has 0 radical (unpaired) electrons. The molecule has 0 aliphatic carbocycles. The SMILES string of the molecule is Cc1noc(-c2ccnc(NCc3cnn(C)c3C)c2)n1. The molecule has 0 saturated carbocycles. The highest BCUT2D eigenvalue weighted by Gasteiger charge is 2.08. The Bertz CT molecular complexity index is 760. The molecule has 7 heteroatoms. The molecular formula is C14H16N6O. The van der Waals surface area contributed by atoms with Crippen LogP contribution in [0.3, 0.4) is 0 Å². The molecule has 0 saturated heterocycles. The lowest BCUT2D eigenvalue weighted by molar-refractivity contribution is 0.425. The lowest BCUT2D eigenvalue weighted by Crippen LogP contribution is -2.03. The van der Waals surface area contributed by atoms with Gasteiger partial charge in [-0.25, -0.2) is 4.98 Å². The third-order valence-electron chi connectivity index (χ3n) is 3.33. The first-order valence-electron chi connectivity index (χ1n) is 6.61. The highest BCUT2D eigenvalue weighted by atomic mass is 16.5. The van der Waals surface area contributed by atoms with E-state index >= 15 is 0 Å². The Labute approximate surface area is 122 Å². The summed E-state index contributed by atoms with van der Waals surface area (Å²) in [4.78, 5) is 8.51. The van der Waals surface area contributed by atoms with Crippen molar-refractivity contribution < 1.29 is 4.52 Å². The van der Waals surface area contributed by atoms with Crippen molar-refractivity contribution in [1.82, 2.24) is 24.9 Å². The Balaban J connectivity index is 1.76. The molecule has 21 heavy (non-hydrogen) atoms. The van der Waals surface area contributed by atoms with Crippen LogP contribution in [0.15, 0.2) is 29.0 Å². The van der Waals surface area contributed by atoms with Gasteiger partial charge in [0.1, 0.15) is 5.82 Å². The molecule has 0 aromatic carbocycles. The third-order valence-corrected chi connectivity index (χ3v) is 3.33. The molecule has 3 aromatic rings. The fourth-order valence-corrected chi connectivity index (χ4v) is 1.98. The zero-order valence-electron chi connectivity index (χ0n) is 12.2. The average molecular weight is 284 g/mol. The lowest BCUT2D eigenvalue weighted by Gasteiger charge is -2.06. The van der Waals surface area contributed by atoms with Gasteiger partial charge in [0, 0.05) is 36.6 Å². The third kappa shape index (κ3) is 2.76. The minimum atomic E-state index is 0.496. The van der Waals surface area contributed by atoms with Crippen LogP contribution in [0, 0.1) is 13.8 Å². The van der Waals surface area contributed by atoms with Gasteiger partial charge in [-0.1, -0.05) is 5.16 Å². The van der Waals surface area contributed by atoms with Crippen molar-refractivity contribution in [2.45, 2.75) is 20.4 Å². The molecule has 0 bridgehead atoms. The summed E-state index contributed by atoms with van der Waals surface area (Å²) in [7, 11) is 1.93. The summed E-state index contributed by atoms with van der Waals surface area (Å²) in [5, 5.41) is 11.3. The smallest absolute Gasteiger partial charge is 0.258 e. The molecule has 108 valence electrons. The van der Waals surface area contributed by atoms with E-state index in [1.54, 1.807) is 13.1 Å². The van der Waals surface area contributed by atoms with Gasteiger partial charge in [0.05, 0.1) is 6.20 Å². The van der Waals surface area contributed by atoms with Crippen molar-refractivity contribution in [3.63, 3.8) is 0 Å². The first kappa shape index (κ1) is 13.3. The molecule has 1 N–H and O–H groups in total. The largest absolute Gasteiger partial charge is 0.366 e. The van der Waals surface area contributed by atoms with E-state index in [-0.39, 0.29) is 0 Å². The molecule has 3 heterocycles. The molecule has 0 aliphatic rings. The second kappa shape index (κ2) is 5.35. The number of aromatic nitrogens is 5. The number of pyridine rings is 1. The number of rotatable bonds is 4. The van der Waals surface area contributed by atoms with E-state index in [1.165, 1.54) is 0 Å². The highest BCUT2D eigenvalue weighted by molar-refractivity contribution is 5.57. The molecule has 7 nitrogen and oxygen atoms in total. The summed E-state index contributed by atoms with van der Waals surface area (Å²) < 4.78 is 7.01. The Morgan fingerprint density at radius 3 is 2.86 bits per heavy atom. The second-order valence-electron chi connectivity index (χ2n) is 4.81. The minimum Gasteiger partial charge on any atom is -0.366 e. The van der Waals surface area contributed by atoms with E-state index in [0.717, 1.165) is 22.6 Å². The van der Waals surface area contributed by atoms with E-state index in [9.17, 15) is 0 Å². The van der Waals surface area contributed by atoms with Crippen LogP contribution in [0.4, 0.5) is 5.82 Å². The van der Waals surface area contributed by atoms with Crippen LogP contribution in [0.2, 0.25) is 0 Å². The van der Waals surface area contributed by atoms with E-state index < -0.39 is 0 Å². The number of hydrogen-bond acceptors (Lipinski definition) is 6. The highest BCUT2D eigenvalue weighted by Crippen LogP contribution is 2.19. The zero-order chi connectivity index (χ0) is 14.8. The molecule has 0 atom stereocenters. The summed E-state index contributed by atoms with van der Waals surface area (Å²) in [6, 6.07) is 3.73. The molecule has 3 aromatic heterocycles. The van der Waals surface area contributed by atoms with E-state index in [0.29, 0.717) is 18.3 Å². The van der Waals surface area contributed by atoms with Crippen LogP contribution >= 0.6 is 0 Å². The van der Waals surface area contributed by atoms with Crippen molar-refractivity contribution in [3.05, 3.63) is 41.6 Å². The summed E-state index contributed by atoms with van der Waals surface area (Å²) in [6.07, 6.45) is 3.57. The van der Waals surface area contributed by atoms with Gasteiger partial charge in [-0.15, -0.1) is 0 Å². The summed E-state index contributed by atoms with van der Waals surface area (Å²) >= 11 is 0. The summed E-state index contributed by atoms with van der Waals surface area (Å²) in [5.74, 6) is 1.87. The first-order chi connectivity index (χ1) is 10.1. The Hall–Kier alpha value is -2.70. The normalized spacial score (nSPS) is 10.8. The maximum Gasteiger partial charge on any atom is 0.258 e. The van der Waals surface area contributed by atoms with Crippen LogP contribution in [0.25, 0.3) is 11.5 Å². The van der Waals surface area contributed by atoms with E-state index in [4.69, 9.17) is 4.52 Å². The predicted molar refractivity (Wildman–Crippen MR) is 77.5 cm³/mol. The van der Waals surface area contributed by atoms with Crippen LogP contribution in [-0.2, 0) is 13.6 Å². The van der Waals surface area contributed by atoms with Crippen molar-refractivity contribution in [2.75, 3.05) is 5.32 Å².